The molecule has 2 aliphatic rings. The van der Waals surface area contributed by atoms with E-state index >= 15 is 0 Å². The van der Waals surface area contributed by atoms with E-state index in [0.717, 1.165) is 4.90 Å². The van der Waals surface area contributed by atoms with Crippen LogP contribution in [0.3, 0.4) is 0 Å². The molecule has 2 aromatic carbocycles. The number of hydrogen-bond donors (Lipinski definition) is 0. The van der Waals surface area contributed by atoms with Gasteiger partial charge in [-0.2, -0.15) is 0 Å². The molecule has 0 saturated carbocycles. The van der Waals surface area contributed by atoms with E-state index in [-0.39, 0.29) is 11.4 Å². The molecule has 2 aliphatic heterocycles. The van der Waals surface area contributed by atoms with Gasteiger partial charge in [-0.1, -0.05) is 23.4 Å². The second-order valence-electron chi connectivity index (χ2n) is 6.88. The third kappa shape index (κ3) is 2.91. The zero-order valence-electron chi connectivity index (χ0n) is 16.3. The number of nitrogens with zero attached hydrogens (tertiary/aromatic N) is 4. The van der Waals surface area contributed by atoms with E-state index in [4.69, 9.17) is 14.1 Å². The molecule has 0 spiro atoms. The fourth-order valence-electron chi connectivity index (χ4n) is 3.69. The SMILES string of the molecule is CCOc1ccc(-[n+]2noc([O-])c2C2=NOC3C(=O)N(c4ccccc4)C(=O)C23)cc1. The summed E-state index contributed by atoms with van der Waals surface area (Å²) in [5, 5.41) is 20.1. The molecule has 31 heavy (non-hydrogen) atoms. The molecule has 2 amide bonds. The van der Waals surface area contributed by atoms with E-state index in [1.165, 1.54) is 4.68 Å². The van der Waals surface area contributed by atoms with Crippen molar-refractivity contribution in [2.75, 3.05) is 11.5 Å². The summed E-state index contributed by atoms with van der Waals surface area (Å²) in [6.45, 7) is 2.38. The number of ether oxygens (including phenoxy) is 1. The number of carbonyl (C=O) groups is 2. The first kappa shape index (κ1) is 18.8. The number of benzene rings is 2. The first-order chi connectivity index (χ1) is 15.1. The van der Waals surface area contributed by atoms with E-state index in [1.807, 2.05) is 6.92 Å². The van der Waals surface area contributed by atoms with Gasteiger partial charge in [-0.05, 0) is 35.9 Å². The Bertz CT molecular complexity index is 1190. The number of oxime groups is 1. The molecule has 3 heterocycles. The molecule has 2 unspecified atom stereocenters. The van der Waals surface area contributed by atoms with E-state index in [9.17, 15) is 14.7 Å². The Morgan fingerprint density at radius 2 is 1.84 bits per heavy atom. The first-order valence-electron chi connectivity index (χ1n) is 9.59. The lowest BCUT2D eigenvalue weighted by atomic mass is 9.97. The summed E-state index contributed by atoms with van der Waals surface area (Å²) in [5.41, 5.74) is 0.837. The van der Waals surface area contributed by atoms with Crippen molar-refractivity contribution in [1.29, 1.82) is 0 Å². The van der Waals surface area contributed by atoms with Crippen molar-refractivity contribution in [3.63, 3.8) is 0 Å². The molecule has 10 nitrogen and oxygen atoms in total. The minimum Gasteiger partial charge on any atom is -0.539 e. The van der Waals surface area contributed by atoms with Crippen molar-refractivity contribution < 1.29 is 33.5 Å². The Hall–Kier alpha value is -4.21. The lowest BCUT2D eigenvalue weighted by Crippen LogP contribution is -2.42. The molecule has 156 valence electrons. The van der Waals surface area contributed by atoms with Gasteiger partial charge in [0, 0.05) is 12.1 Å². The fourth-order valence-corrected chi connectivity index (χ4v) is 3.69. The quantitative estimate of drug-likeness (QED) is 0.440. The zero-order chi connectivity index (χ0) is 21.5. The van der Waals surface area contributed by atoms with Crippen molar-refractivity contribution in [3.05, 3.63) is 60.3 Å². The smallest absolute Gasteiger partial charge is 0.289 e. The lowest BCUT2D eigenvalue weighted by Gasteiger charge is -2.14. The fraction of sp³-hybridized carbons (Fsp3) is 0.190. The number of hydrogen-bond acceptors (Lipinski definition) is 8. The second kappa shape index (κ2) is 7.24. The summed E-state index contributed by atoms with van der Waals surface area (Å²) < 4.78 is 11.5. The maximum atomic E-state index is 13.1. The number of carbonyl (C=O) groups excluding carboxylic acids is 2. The number of amides is 2. The highest BCUT2D eigenvalue weighted by atomic mass is 16.7. The number of fused-ring (bicyclic) bond motifs is 1. The molecule has 1 aromatic heterocycles. The Labute approximate surface area is 175 Å². The van der Waals surface area contributed by atoms with Gasteiger partial charge in [0.2, 0.25) is 17.7 Å². The molecule has 0 aliphatic carbocycles. The van der Waals surface area contributed by atoms with Crippen LogP contribution in [0.5, 0.6) is 11.7 Å². The van der Waals surface area contributed by atoms with Crippen LogP contribution in [0.15, 0.2) is 64.3 Å². The van der Waals surface area contributed by atoms with E-state index in [2.05, 4.69) is 10.4 Å². The summed E-state index contributed by atoms with van der Waals surface area (Å²) in [5.74, 6) is -2.30. The summed E-state index contributed by atoms with van der Waals surface area (Å²) >= 11 is 0. The number of para-hydroxylation sites is 1. The average molecular weight is 420 g/mol. The van der Waals surface area contributed by atoms with Crippen molar-refractivity contribution in [2.24, 2.45) is 11.1 Å². The van der Waals surface area contributed by atoms with E-state index in [0.29, 0.717) is 23.7 Å². The van der Waals surface area contributed by atoms with Gasteiger partial charge in [0.15, 0.2) is 11.7 Å². The van der Waals surface area contributed by atoms with Gasteiger partial charge in [0.05, 0.1) is 17.6 Å². The maximum Gasteiger partial charge on any atom is 0.289 e. The van der Waals surface area contributed by atoms with E-state index in [1.54, 1.807) is 54.6 Å². The molecule has 1 saturated heterocycles. The molecule has 5 rings (SSSR count). The van der Waals surface area contributed by atoms with Gasteiger partial charge in [0.25, 0.3) is 11.6 Å². The largest absolute Gasteiger partial charge is 0.539 e. The molecule has 2 atom stereocenters. The van der Waals surface area contributed by atoms with E-state index < -0.39 is 29.8 Å². The van der Waals surface area contributed by atoms with Crippen molar-refractivity contribution in [3.8, 4) is 17.4 Å². The number of imide groups is 1. The number of aromatic nitrogens is 2. The minimum absolute atomic E-state index is 0.00177. The molecule has 0 bridgehead atoms. The van der Waals surface area contributed by atoms with Gasteiger partial charge in [0.1, 0.15) is 11.7 Å². The highest BCUT2D eigenvalue weighted by molar-refractivity contribution is 6.32. The monoisotopic (exact) mass is 420 g/mol. The van der Waals surface area contributed by atoms with Crippen LogP contribution in [0.25, 0.3) is 5.69 Å². The third-order valence-corrected chi connectivity index (χ3v) is 5.07. The van der Waals surface area contributed by atoms with Crippen LogP contribution in [-0.2, 0) is 14.4 Å². The van der Waals surface area contributed by atoms with Crippen LogP contribution in [0.1, 0.15) is 12.6 Å². The van der Waals surface area contributed by atoms with Gasteiger partial charge < -0.3 is 19.2 Å². The van der Waals surface area contributed by atoms with Gasteiger partial charge in [-0.3, -0.25) is 9.59 Å². The zero-order valence-corrected chi connectivity index (χ0v) is 16.3. The van der Waals surface area contributed by atoms with Crippen LogP contribution in [0, 0.1) is 5.92 Å². The highest BCUT2D eigenvalue weighted by Gasteiger charge is 2.58. The predicted molar refractivity (Wildman–Crippen MR) is 102 cm³/mol. The normalized spacial score (nSPS) is 19.9. The molecule has 3 aromatic rings. The Kier molecular flexibility index (Phi) is 4.39. The molecule has 0 radical (unpaired) electrons. The van der Waals surface area contributed by atoms with Crippen molar-refractivity contribution in [2.45, 2.75) is 13.0 Å². The average Bonchev–Trinajstić information content (AvgIpc) is 3.44. The standard InChI is InChI=1S/C21H16N4O6/c1-2-29-14-10-8-13(9-11-14)25-17(21(28)31-23-25)16-15-18(30-22-16)20(27)24(19(15)26)12-6-4-3-5-7-12/h3-11,15,18H,2H2,1H3. The molecule has 10 heteroatoms. The van der Waals surface area contributed by atoms with Gasteiger partial charge >= 0.3 is 0 Å². The topological polar surface area (TPSA) is 121 Å². The Morgan fingerprint density at radius 3 is 2.55 bits per heavy atom. The van der Waals surface area contributed by atoms with Gasteiger partial charge in [-0.15, -0.1) is 0 Å². The molecule has 0 N–H and O–H groups in total. The van der Waals surface area contributed by atoms with Crippen LogP contribution >= 0.6 is 0 Å². The number of rotatable bonds is 5. The summed E-state index contributed by atoms with van der Waals surface area (Å²) in [7, 11) is 0. The Morgan fingerprint density at radius 1 is 1.10 bits per heavy atom. The lowest BCUT2D eigenvalue weighted by molar-refractivity contribution is -0.671. The molecular weight excluding hydrogens is 404 g/mol. The predicted octanol–water partition coefficient (Wildman–Crippen LogP) is 0.716. The molecule has 1 fully saturated rings. The van der Waals surface area contributed by atoms with Crippen LogP contribution < -0.4 is 19.4 Å². The van der Waals surface area contributed by atoms with Crippen molar-refractivity contribution >= 4 is 23.2 Å². The number of anilines is 1. The second-order valence-corrected chi connectivity index (χ2v) is 6.88. The van der Waals surface area contributed by atoms with Crippen LogP contribution in [0.2, 0.25) is 0 Å². The maximum absolute atomic E-state index is 13.1. The highest BCUT2D eigenvalue weighted by Crippen LogP contribution is 2.35. The van der Waals surface area contributed by atoms with Crippen molar-refractivity contribution in [1.82, 2.24) is 5.27 Å². The first-order valence-corrected chi connectivity index (χ1v) is 9.59. The summed E-state index contributed by atoms with van der Waals surface area (Å²) in [4.78, 5) is 32.3. The van der Waals surface area contributed by atoms with Crippen LogP contribution in [0.4, 0.5) is 5.69 Å². The molecular formula is C21H16N4O6. The summed E-state index contributed by atoms with van der Waals surface area (Å²) in [6, 6.07) is 15.3. The Balaban J connectivity index is 1.52. The minimum atomic E-state index is -1.15. The summed E-state index contributed by atoms with van der Waals surface area (Å²) in [6.07, 6.45) is -1.15. The third-order valence-electron chi connectivity index (χ3n) is 5.07. The van der Waals surface area contributed by atoms with Crippen LogP contribution in [-0.4, -0.2) is 35.5 Å². The van der Waals surface area contributed by atoms with Gasteiger partial charge in [-0.25, -0.2) is 4.90 Å².